The molecule has 1 aliphatic rings. The van der Waals surface area contributed by atoms with Gasteiger partial charge in [-0.1, -0.05) is 0 Å². The Bertz CT molecular complexity index is 343. The first-order valence-electron chi connectivity index (χ1n) is 5.83. The third-order valence-corrected chi connectivity index (χ3v) is 3.01. The molecule has 1 aliphatic heterocycles. The molecule has 5 heteroatoms. The van der Waals surface area contributed by atoms with Crippen LogP contribution in [0.5, 0.6) is 11.5 Å². The molecule has 0 saturated carbocycles. The number of nitrogens with zero attached hydrogens (tertiary/aromatic N) is 2. The van der Waals surface area contributed by atoms with E-state index in [1.54, 1.807) is 26.6 Å². The summed E-state index contributed by atoms with van der Waals surface area (Å²) in [5, 5.41) is 3.34. The van der Waals surface area contributed by atoms with Crippen LogP contribution in [-0.2, 0) is 6.54 Å². The summed E-state index contributed by atoms with van der Waals surface area (Å²) in [4.78, 5) is 6.48. The van der Waals surface area contributed by atoms with Gasteiger partial charge in [0.15, 0.2) is 0 Å². The van der Waals surface area contributed by atoms with Gasteiger partial charge in [-0.25, -0.2) is 0 Å². The molecule has 17 heavy (non-hydrogen) atoms. The fraction of sp³-hybridized carbons (Fsp3) is 0.583. The van der Waals surface area contributed by atoms with Crippen LogP contribution in [0, 0.1) is 0 Å². The molecule has 0 aromatic carbocycles. The Morgan fingerprint density at radius 3 is 2.29 bits per heavy atom. The zero-order chi connectivity index (χ0) is 12.1. The maximum absolute atomic E-state index is 5.34. The molecule has 0 aliphatic carbocycles. The molecule has 1 fully saturated rings. The standard InChI is InChI=1S/C12H19N3O2/c1-16-11-7-14-8-12(17-2)10(11)9-15-5-3-13-4-6-15/h7-8,13H,3-6,9H2,1-2H3. The Balaban J connectivity index is 2.16. The number of hydrogen-bond acceptors (Lipinski definition) is 5. The molecule has 2 rings (SSSR count). The highest BCUT2D eigenvalue weighted by Gasteiger charge is 2.16. The van der Waals surface area contributed by atoms with E-state index in [2.05, 4.69) is 15.2 Å². The Hall–Kier alpha value is -1.33. The van der Waals surface area contributed by atoms with Crippen LogP contribution in [0.25, 0.3) is 0 Å². The van der Waals surface area contributed by atoms with E-state index in [4.69, 9.17) is 9.47 Å². The van der Waals surface area contributed by atoms with Crippen molar-refractivity contribution < 1.29 is 9.47 Å². The average molecular weight is 237 g/mol. The molecule has 2 heterocycles. The fourth-order valence-electron chi connectivity index (χ4n) is 2.05. The van der Waals surface area contributed by atoms with Crippen molar-refractivity contribution in [2.45, 2.75) is 6.54 Å². The highest BCUT2D eigenvalue weighted by atomic mass is 16.5. The third kappa shape index (κ3) is 2.87. The molecule has 94 valence electrons. The van der Waals surface area contributed by atoms with Gasteiger partial charge in [0, 0.05) is 32.7 Å². The SMILES string of the molecule is COc1cncc(OC)c1CN1CCNCC1. The van der Waals surface area contributed by atoms with E-state index >= 15 is 0 Å². The molecule has 5 nitrogen and oxygen atoms in total. The molecule has 0 amide bonds. The molecule has 0 spiro atoms. The van der Waals surface area contributed by atoms with Gasteiger partial charge in [0.2, 0.25) is 0 Å². The lowest BCUT2D eigenvalue weighted by molar-refractivity contribution is 0.226. The smallest absolute Gasteiger partial charge is 0.145 e. The molecule has 1 aromatic heterocycles. The molecular weight excluding hydrogens is 218 g/mol. The van der Waals surface area contributed by atoms with Crippen LogP contribution in [0.3, 0.4) is 0 Å². The Morgan fingerprint density at radius 2 is 1.76 bits per heavy atom. The largest absolute Gasteiger partial charge is 0.495 e. The first-order chi connectivity index (χ1) is 8.35. The van der Waals surface area contributed by atoms with Crippen molar-refractivity contribution in [1.82, 2.24) is 15.2 Å². The van der Waals surface area contributed by atoms with Crippen molar-refractivity contribution >= 4 is 0 Å². The topological polar surface area (TPSA) is 46.6 Å². The monoisotopic (exact) mass is 237 g/mol. The van der Waals surface area contributed by atoms with Gasteiger partial charge < -0.3 is 14.8 Å². The Labute approximate surface area is 102 Å². The zero-order valence-corrected chi connectivity index (χ0v) is 10.4. The molecular formula is C12H19N3O2. The molecule has 0 radical (unpaired) electrons. The third-order valence-electron chi connectivity index (χ3n) is 3.01. The Morgan fingerprint density at radius 1 is 1.18 bits per heavy atom. The quantitative estimate of drug-likeness (QED) is 0.826. The summed E-state index contributed by atoms with van der Waals surface area (Å²) in [5.74, 6) is 1.59. The fourth-order valence-corrected chi connectivity index (χ4v) is 2.05. The van der Waals surface area contributed by atoms with E-state index in [0.29, 0.717) is 0 Å². The average Bonchev–Trinajstić information content (AvgIpc) is 2.40. The molecule has 0 bridgehead atoms. The number of hydrogen-bond donors (Lipinski definition) is 1. The second kappa shape index (κ2) is 5.84. The van der Waals surface area contributed by atoms with Crippen molar-refractivity contribution in [2.75, 3.05) is 40.4 Å². The minimum absolute atomic E-state index is 0.794. The number of aromatic nitrogens is 1. The number of methoxy groups -OCH3 is 2. The van der Waals surface area contributed by atoms with Crippen molar-refractivity contribution in [3.63, 3.8) is 0 Å². The van der Waals surface area contributed by atoms with Crippen LogP contribution in [0.4, 0.5) is 0 Å². The van der Waals surface area contributed by atoms with Gasteiger partial charge in [-0.15, -0.1) is 0 Å². The van der Waals surface area contributed by atoms with Gasteiger partial charge in [0.05, 0.1) is 32.2 Å². The maximum Gasteiger partial charge on any atom is 0.145 e. The van der Waals surface area contributed by atoms with Gasteiger partial charge in [0.25, 0.3) is 0 Å². The van der Waals surface area contributed by atoms with Gasteiger partial charge in [-0.3, -0.25) is 9.88 Å². The second-order valence-electron chi connectivity index (χ2n) is 4.05. The van der Waals surface area contributed by atoms with Crippen LogP contribution >= 0.6 is 0 Å². The normalized spacial score (nSPS) is 16.8. The molecule has 1 saturated heterocycles. The lowest BCUT2D eigenvalue weighted by Gasteiger charge is -2.28. The number of piperazine rings is 1. The van der Waals surface area contributed by atoms with Gasteiger partial charge in [-0.05, 0) is 0 Å². The van der Waals surface area contributed by atoms with Gasteiger partial charge in [0.1, 0.15) is 11.5 Å². The molecule has 0 unspecified atom stereocenters. The predicted molar refractivity (Wildman–Crippen MR) is 65.5 cm³/mol. The zero-order valence-electron chi connectivity index (χ0n) is 10.4. The Kier molecular flexibility index (Phi) is 4.17. The van der Waals surface area contributed by atoms with Crippen molar-refractivity contribution in [3.05, 3.63) is 18.0 Å². The van der Waals surface area contributed by atoms with E-state index < -0.39 is 0 Å². The van der Waals surface area contributed by atoms with E-state index in [1.807, 2.05) is 0 Å². The minimum atomic E-state index is 0.794. The summed E-state index contributed by atoms with van der Waals surface area (Å²) in [6.07, 6.45) is 3.47. The lowest BCUT2D eigenvalue weighted by atomic mass is 10.2. The summed E-state index contributed by atoms with van der Waals surface area (Å²) >= 11 is 0. The minimum Gasteiger partial charge on any atom is -0.495 e. The number of nitrogens with one attached hydrogen (secondary N) is 1. The molecule has 0 atom stereocenters. The van der Waals surface area contributed by atoms with Crippen LogP contribution in [0.15, 0.2) is 12.4 Å². The van der Waals surface area contributed by atoms with Crippen LogP contribution < -0.4 is 14.8 Å². The van der Waals surface area contributed by atoms with E-state index in [9.17, 15) is 0 Å². The number of rotatable bonds is 4. The summed E-state index contributed by atoms with van der Waals surface area (Å²) in [7, 11) is 3.33. The van der Waals surface area contributed by atoms with Crippen LogP contribution in [0.2, 0.25) is 0 Å². The van der Waals surface area contributed by atoms with E-state index in [1.165, 1.54) is 0 Å². The maximum atomic E-state index is 5.34. The predicted octanol–water partition coefficient (Wildman–Crippen LogP) is 0.504. The number of ether oxygens (including phenoxy) is 2. The lowest BCUT2D eigenvalue weighted by Crippen LogP contribution is -2.43. The van der Waals surface area contributed by atoms with Crippen LogP contribution in [-0.4, -0.2) is 50.3 Å². The van der Waals surface area contributed by atoms with Crippen LogP contribution in [0.1, 0.15) is 5.56 Å². The molecule has 1 N–H and O–H groups in total. The second-order valence-corrected chi connectivity index (χ2v) is 4.05. The van der Waals surface area contributed by atoms with Gasteiger partial charge >= 0.3 is 0 Å². The van der Waals surface area contributed by atoms with Gasteiger partial charge in [-0.2, -0.15) is 0 Å². The number of pyridine rings is 1. The first kappa shape index (κ1) is 12.1. The summed E-state index contributed by atoms with van der Waals surface area (Å²) in [5.41, 5.74) is 1.08. The summed E-state index contributed by atoms with van der Waals surface area (Å²) in [6.45, 7) is 5.02. The van der Waals surface area contributed by atoms with E-state index in [0.717, 1.165) is 49.8 Å². The van der Waals surface area contributed by atoms with Crippen molar-refractivity contribution in [1.29, 1.82) is 0 Å². The summed E-state index contributed by atoms with van der Waals surface area (Å²) in [6, 6.07) is 0. The van der Waals surface area contributed by atoms with Crippen molar-refractivity contribution in [2.24, 2.45) is 0 Å². The molecule has 1 aromatic rings. The first-order valence-corrected chi connectivity index (χ1v) is 5.83. The van der Waals surface area contributed by atoms with Crippen molar-refractivity contribution in [3.8, 4) is 11.5 Å². The summed E-state index contributed by atoms with van der Waals surface area (Å²) < 4.78 is 10.7. The highest BCUT2D eigenvalue weighted by Crippen LogP contribution is 2.28. The van der Waals surface area contributed by atoms with E-state index in [-0.39, 0.29) is 0 Å². The highest BCUT2D eigenvalue weighted by molar-refractivity contribution is 5.41.